The Hall–Kier alpha value is -2.86. The number of Topliss-reactive ketones (excluding diaryl/α,β-unsaturated/α-hetero) is 1. The van der Waals surface area contributed by atoms with Crippen molar-refractivity contribution in [3.05, 3.63) is 64.4 Å². The first kappa shape index (κ1) is 20.9. The molecule has 0 radical (unpaired) electrons. The summed E-state index contributed by atoms with van der Waals surface area (Å²) in [6, 6.07) is 9.30. The van der Waals surface area contributed by atoms with Crippen LogP contribution in [0.15, 0.2) is 48.2 Å². The number of carbonyl (C=O) groups is 2. The number of hydrogen-bond acceptors (Lipinski definition) is 5. The van der Waals surface area contributed by atoms with E-state index >= 15 is 0 Å². The van der Waals surface area contributed by atoms with Crippen LogP contribution in [0.4, 0.5) is 0 Å². The van der Waals surface area contributed by atoms with E-state index in [4.69, 9.17) is 16.3 Å². The van der Waals surface area contributed by atoms with Gasteiger partial charge in [-0.15, -0.1) is 0 Å². The largest absolute Gasteiger partial charge is 0.507 e. The lowest BCUT2D eigenvalue weighted by Crippen LogP contribution is -2.31. The van der Waals surface area contributed by atoms with E-state index in [2.05, 4.69) is 4.98 Å². The number of rotatable bonds is 7. The van der Waals surface area contributed by atoms with E-state index in [0.717, 1.165) is 12.8 Å². The van der Waals surface area contributed by atoms with Crippen molar-refractivity contribution in [2.24, 2.45) is 0 Å². The van der Waals surface area contributed by atoms with Gasteiger partial charge in [0, 0.05) is 18.3 Å². The highest BCUT2D eigenvalue weighted by molar-refractivity contribution is 6.46. The number of aliphatic hydroxyl groups is 1. The molecule has 3 rings (SSSR count). The number of unbranched alkanes of at least 4 members (excludes halogenated alkanes) is 1. The minimum absolute atomic E-state index is 0.0228. The fraction of sp³-hybridized carbons (Fsp3) is 0.318. The molecule has 1 aliphatic rings. The number of aromatic nitrogens is 1. The van der Waals surface area contributed by atoms with Gasteiger partial charge in [0.2, 0.25) is 0 Å². The molecule has 1 atom stereocenters. The number of benzene rings is 1. The third kappa shape index (κ3) is 4.12. The van der Waals surface area contributed by atoms with Crippen LogP contribution in [0, 0.1) is 0 Å². The van der Waals surface area contributed by atoms with Crippen LogP contribution in [0.2, 0.25) is 5.02 Å². The van der Waals surface area contributed by atoms with Crippen LogP contribution in [0.25, 0.3) is 5.76 Å². The van der Waals surface area contributed by atoms with Crippen molar-refractivity contribution < 1.29 is 19.4 Å². The molecule has 1 N–H and O–H groups in total. The molecule has 1 saturated heterocycles. The maximum absolute atomic E-state index is 12.9. The Morgan fingerprint density at radius 1 is 1.24 bits per heavy atom. The lowest BCUT2D eigenvalue weighted by atomic mass is 9.98. The number of amides is 1. The second kappa shape index (κ2) is 9.09. The number of nitrogens with zero attached hydrogens (tertiary/aromatic N) is 2. The number of ether oxygens (including phenoxy) is 1. The molecular formula is C22H23ClN2O4. The number of ketones is 1. The molecule has 1 aromatic heterocycles. The van der Waals surface area contributed by atoms with Crippen molar-refractivity contribution >= 4 is 29.1 Å². The first-order chi connectivity index (χ1) is 14.0. The van der Waals surface area contributed by atoms with Gasteiger partial charge in [-0.1, -0.05) is 31.0 Å². The topological polar surface area (TPSA) is 79.7 Å². The Balaban J connectivity index is 2.14. The lowest BCUT2D eigenvalue weighted by molar-refractivity contribution is -0.140. The van der Waals surface area contributed by atoms with E-state index in [1.54, 1.807) is 42.6 Å². The summed E-state index contributed by atoms with van der Waals surface area (Å²) in [4.78, 5) is 31.4. The number of likely N-dealkylation sites (tertiary alicyclic amines) is 1. The van der Waals surface area contributed by atoms with E-state index in [1.165, 1.54) is 4.90 Å². The van der Waals surface area contributed by atoms with Gasteiger partial charge in [0.1, 0.15) is 17.6 Å². The zero-order chi connectivity index (χ0) is 21.0. The predicted octanol–water partition coefficient (Wildman–Crippen LogP) is 4.36. The van der Waals surface area contributed by atoms with E-state index in [1.807, 2.05) is 13.8 Å². The third-order valence-electron chi connectivity index (χ3n) is 4.76. The van der Waals surface area contributed by atoms with E-state index in [-0.39, 0.29) is 11.3 Å². The maximum atomic E-state index is 12.9. The van der Waals surface area contributed by atoms with Crippen LogP contribution >= 0.6 is 11.6 Å². The molecule has 152 valence electrons. The Bertz CT molecular complexity index is 943. The first-order valence-corrected chi connectivity index (χ1v) is 9.99. The Morgan fingerprint density at radius 3 is 2.69 bits per heavy atom. The van der Waals surface area contributed by atoms with Crippen LogP contribution in [-0.4, -0.2) is 39.8 Å². The summed E-state index contributed by atoms with van der Waals surface area (Å²) in [5.41, 5.74) is 0.908. The van der Waals surface area contributed by atoms with Crippen molar-refractivity contribution in [1.82, 2.24) is 9.88 Å². The summed E-state index contributed by atoms with van der Waals surface area (Å²) >= 11 is 6.13. The molecule has 0 saturated carbocycles. The molecule has 2 aromatic rings. The van der Waals surface area contributed by atoms with E-state index in [0.29, 0.717) is 35.2 Å². The first-order valence-electron chi connectivity index (χ1n) is 9.61. The highest BCUT2D eigenvalue weighted by Crippen LogP contribution is 2.39. The molecule has 1 amide bonds. The van der Waals surface area contributed by atoms with Gasteiger partial charge in [-0.05, 0) is 43.7 Å². The van der Waals surface area contributed by atoms with Gasteiger partial charge in [0.25, 0.3) is 11.7 Å². The summed E-state index contributed by atoms with van der Waals surface area (Å²) in [5, 5.41) is 11.4. The molecule has 1 unspecified atom stereocenters. The SMILES string of the molecule is CCCCN1C(=O)C(=O)/C(=C(\O)c2ccc(Cl)c(OCC)c2)C1c1ccccn1. The van der Waals surface area contributed by atoms with Crippen LogP contribution in [0.1, 0.15) is 44.0 Å². The molecule has 0 spiro atoms. The number of pyridine rings is 1. The molecule has 1 aromatic carbocycles. The number of halogens is 1. The summed E-state index contributed by atoms with van der Waals surface area (Å²) in [5.74, 6) is -1.22. The molecule has 1 fully saturated rings. The Kier molecular flexibility index (Phi) is 6.54. The summed E-state index contributed by atoms with van der Waals surface area (Å²) in [6.07, 6.45) is 3.21. The van der Waals surface area contributed by atoms with Crippen LogP contribution < -0.4 is 4.74 Å². The van der Waals surface area contributed by atoms with Gasteiger partial charge in [0.15, 0.2) is 0 Å². The molecule has 7 heteroatoms. The van der Waals surface area contributed by atoms with Crippen LogP contribution in [-0.2, 0) is 9.59 Å². The number of carbonyl (C=O) groups excluding carboxylic acids is 2. The van der Waals surface area contributed by atoms with E-state index < -0.39 is 17.7 Å². The quantitative estimate of drug-likeness (QED) is 0.413. The molecule has 29 heavy (non-hydrogen) atoms. The monoisotopic (exact) mass is 414 g/mol. The van der Waals surface area contributed by atoms with Crippen molar-refractivity contribution in [1.29, 1.82) is 0 Å². The predicted molar refractivity (Wildman–Crippen MR) is 111 cm³/mol. The Labute approximate surface area is 174 Å². The van der Waals surface area contributed by atoms with E-state index in [9.17, 15) is 14.7 Å². The maximum Gasteiger partial charge on any atom is 0.295 e. The molecule has 1 aliphatic heterocycles. The molecule has 0 aliphatic carbocycles. The average Bonchev–Trinajstić information content (AvgIpc) is 2.98. The second-order valence-corrected chi connectivity index (χ2v) is 7.09. The third-order valence-corrected chi connectivity index (χ3v) is 5.08. The van der Waals surface area contributed by atoms with Gasteiger partial charge in [-0.2, -0.15) is 0 Å². The van der Waals surface area contributed by atoms with Gasteiger partial charge >= 0.3 is 0 Å². The summed E-state index contributed by atoms with van der Waals surface area (Å²) in [7, 11) is 0. The summed E-state index contributed by atoms with van der Waals surface area (Å²) < 4.78 is 5.48. The van der Waals surface area contributed by atoms with Gasteiger partial charge < -0.3 is 14.7 Å². The normalized spacial score (nSPS) is 18.3. The van der Waals surface area contributed by atoms with Crippen molar-refractivity contribution in [3.63, 3.8) is 0 Å². The zero-order valence-electron chi connectivity index (χ0n) is 16.4. The molecule has 2 heterocycles. The van der Waals surface area contributed by atoms with Crippen molar-refractivity contribution in [2.45, 2.75) is 32.7 Å². The molecule has 6 nitrogen and oxygen atoms in total. The van der Waals surface area contributed by atoms with Crippen LogP contribution in [0.5, 0.6) is 5.75 Å². The van der Waals surface area contributed by atoms with Crippen molar-refractivity contribution in [3.8, 4) is 5.75 Å². The number of aliphatic hydroxyl groups excluding tert-OH is 1. The standard InChI is InChI=1S/C22H23ClN2O4/c1-3-5-12-25-19(16-8-6-7-11-24-16)18(21(27)22(25)28)20(26)14-9-10-15(23)17(13-14)29-4-2/h6-11,13,19,26H,3-5,12H2,1-2H3/b20-18-. The molecular weight excluding hydrogens is 392 g/mol. The molecule has 0 bridgehead atoms. The second-order valence-electron chi connectivity index (χ2n) is 6.68. The Morgan fingerprint density at radius 2 is 2.03 bits per heavy atom. The highest BCUT2D eigenvalue weighted by atomic mass is 35.5. The fourth-order valence-electron chi connectivity index (χ4n) is 3.36. The van der Waals surface area contributed by atoms with Gasteiger partial charge in [-0.25, -0.2) is 0 Å². The van der Waals surface area contributed by atoms with Gasteiger partial charge in [-0.3, -0.25) is 14.6 Å². The smallest absolute Gasteiger partial charge is 0.295 e. The average molecular weight is 415 g/mol. The lowest BCUT2D eigenvalue weighted by Gasteiger charge is -2.24. The van der Waals surface area contributed by atoms with Gasteiger partial charge in [0.05, 0.1) is 22.9 Å². The van der Waals surface area contributed by atoms with Crippen molar-refractivity contribution in [2.75, 3.05) is 13.2 Å². The zero-order valence-corrected chi connectivity index (χ0v) is 17.1. The van der Waals surface area contributed by atoms with Crippen LogP contribution in [0.3, 0.4) is 0 Å². The minimum Gasteiger partial charge on any atom is -0.507 e. The fourth-order valence-corrected chi connectivity index (χ4v) is 3.53. The highest BCUT2D eigenvalue weighted by Gasteiger charge is 2.46. The number of hydrogen-bond donors (Lipinski definition) is 1. The summed E-state index contributed by atoms with van der Waals surface area (Å²) in [6.45, 7) is 4.64. The minimum atomic E-state index is -0.742.